The van der Waals surface area contributed by atoms with E-state index >= 15 is 0 Å². The summed E-state index contributed by atoms with van der Waals surface area (Å²) in [5.74, 6) is 0.668. The van der Waals surface area contributed by atoms with Crippen LogP contribution < -0.4 is 5.43 Å². The van der Waals surface area contributed by atoms with E-state index in [4.69, 9.17) is 4.42 Å². The van der Waals surface area contributed by atoms with Crippen molar-refractivity contribution in [3.8, 4) is 11.3 Å². The van der Waals surface area contributed by atoms with E-state index in [0.717, 1.165) is 25.2 Å². The number of hydrogen-bond acceptors (Lipinski definition) is 3. The fourth-order valence-corrected chi connectivity index (χ4v) is 3.67. The highest BCUT2D eigenvalue weighted by Crippen LogP contribution is 2.26. The van der Waals surface area contributed by atoms with Crippen molar-refractivity contribution in [2.45, 2.75) is 32.7 Å². The molecule has 0 unspecified atom stereocenters. The van der Waals surface area contributed by atoms with Gasteiger partial charge >= 0.3 is 0 Å². The summed E-state index contributed by atoms with van der Waals surface area (Å²) >= 11 is 0. The molecule has 3 aromatic rings. The first-order valence-corrected chi connectivity index (χ1v) is 9.06. The molecule has 4 rings (SSSR count). The highest BCUT2D eigenvalue weighted by atomic mass is 35.5. The molecule has 0 atom stereocenters. The van der Waals surface area contributed by atoms with Crippen LogP contribution in [-0.4, -0.2) is 18.0 Å². The number of nitrogens with zero attached hydrogens (tertiary/aromatic N) is 1. The Bertz CT molecular complexity index is 944. The SMILES string of the molecule is Cc1c(-c2ccccc2)oc2ccc(CN3CCCCC3)cc2c1=O.Cl. The van der Waals surface area contributed by atoms with Crippen LogP contribution in [0.25, 0.3) is 22.3 Å². The molecule has 0 N–H and O–H groups in total. The van der Waals surface area contributed by atoms with Crippen molar-refractivity contribution in [1.82, 2.24) is 4.90 Å². The van der Waals surface area contributed by atoms with Gasteiger partial charge in [-0.1, -0.05) is 42.8 Å². The maximum atomic E-state index is 12.9. The monoisotopic (exact) mass is 369 g/mol. The van der Waals surface area contributed by atoms with Gasteiger partial charge in [0.25, 0.3) is 0 Å². The van der Waals surface area contributed by atoms with Crippen LogP contribution in [-0.2, 0) is 6.54 Å². The molecule has 0 amide bonds. The molecule has 2 aromatic carbocycles. The van der Waals surface area contributed by atoms with Gasteiger partial charge in [0, 0.05) is 17.7 Å². The van der Waals surface area contributed by atoms with E-state index in [1.807, 2.05) is 49.4 Å². The van der Waals surface area contributed by atoms with Crippen molar-refractivity contribution >= 4 is 23.4 Å². The molecular formula is C22H24ClNO2. The third-order valence-electron chi connectivity index (χ3n) is 5.07. The van der Waals surface area contributed by atoms with Gasteiger partial charge in [-0.25, -0.2) is 0 Å². The minimum atomic E-state index is 0. The topological polar surface area (TPSA) is 33.5 Å². The zero-order valence-electron chi connectivity index (χ0n) is 15.0. The molecule has 0 bridgehead atoms. The Kier molecular flexibility index (Phi) is 5.80. The first-order valence-electron chi connectivity index (χ1n) is 9.06. The molecule has 0 radical (unpaired) electrons. The molecule has 0 aliphatic carbocycles. The van der Waals surface area contributed by atoms with Gasteiger partial charge in [0.1, 0.15) is 11.3 Å². The quantitative estimate of drug-likeness (QED) is 0.638. The number of benzene rings is 2. The van der Waals surface area contributed by atoms with E-state index < -0.39 is 0 Å². The van der Waals surface area contributed by atoms with Crippen molar-refractivity contribution < 1.29 is 4.42 Å². The maximum Gasteiger partial charge on any atom is 0.196 e. The first kappa shape index (κ1) is 18.7. The third-order valence-corrected chi connectivity index (χ3v) is 5.07. The molecule has 2 heterocycles. The lowest BCUT2D eigenvalue weighted by atomic mass is 10.0. The number of hydrogen-bond donors (Lipinski definition) is 0. The molecule has 4 heteroatoms. The summed E-state index contributed by atoms with van der Waals surface area (Å²) < 4.78 is 6.09. The van der Waals surface area contributed by atoms with Gasteiger partial charge in [-0.2, -0.15) is 0 Å². The lowest BCUT2D eigenvalue weighted by Crippen LogP contribution is -2.29. The van der Waals surface area contributed by atoms with Crippen LogP contribution in [0.1, 0.15) is 30.4 Å². The molecular weight excluding hydrogens is 346 g/mol. The zero-order valence-corrected chi connectivity index (χ0v) is 15.8. The van der Waals surface area contributed by atoms with Gasteiger partial charge in [-0.3, -0.25) is 9.69 Å². The number of piperidine rings is 1. The molecule has 0 spiro atoms. The number of likely N-dealkylation sites (tertiary alicyclic amines) is 1. The van der Waals surface area contributed by atoms with Crippen LogP contribution in [0.3, 0.4) is 0 Å². The van der Waals surface area contributed by atoms with Crippen molar-refractivity contribution in [2.75, 3.05) is 13.1 Å². The van der Waals surface area contributed by atoms with Crippen LogP contribution in [0.5, 0.6) is 0 Å². The highest BCUT2D eigenvalue weighted by Gasteiger charge is 2.15. The molecule has 1 saturated heterocycles. The predicted molar refractivity (Wildman–Crippen MR) is 109 cm³/mol. The maximum absolute atomic E-state index is 12.9. The van der Waals surface area contributed by atoms with Crippen molar-refractivity contribution in [3.63, 3.8) is 0 Å². The Balaban J connectivity index is 0.00000196. The number of rotatable bonds is 3. The van der Waals surface area contributed by atoms with E-state index in [0.29, 0.717) is 22.3 Å². The van der Waals surface area contributed by atoms with Gasteiger partial charge in [-0.05, 0) is 50.6 Å². The second kappa shape index (κ2) is 8.07. The van der Waals surface area contributed by atoms with E-state index in [1.54, 1.807) is 0 Å². The first-order chi connectivity index (χ1) is 12.2. The van der Waals surface area contributed by atoms with Gasteiger partial charge in [0.15, 0.2) is 5.43 Å². The van der Waals surface area contributed by atoms with Crippen molar-refractivity contribution in [2.24, 2.45) is 0 Å². The molecule has 1 aliphatic heterocycles. The summed E-state index contributed by atoms with van der Waals surface area (Å²) in [7, 11) is 0. The predicted octanol–water partition coefficient (Wildman–Crippen LogP) is 5.18. The summed E-state index contributed by atoms with van der Waals surface area (Å²) in [4.78, 5) is 15.4. The van der Waals surface area contributed by atoms with Crippen molar-refractivity contribution in [1.29, 1.82) is 0 Å². The smallest absolute Gasteiger partial charge is 0.196 e. The molecule has 1 aromatic heterocycles. The molecule has 1 fully saturated rings. The Hall–Kier alpha value is -2.10. The van der Waals surface area contributed by atoms with Gasteiger partial charge < -0.3 is 4.42 Å². The average Bonchev–Trinajstić information content (AvgIpc) is 2.66. The van der Waals surface area contributed by atoms with Crippen LogP contribution in [0.2, 0.25) is 0 Å². The van der Waals surface area contributed by atoms with Crippen molar-refractivity contribution in [3.05, 3.63) is 69.9 Å². The fourth-order valence-electron chi connectivity index (χ4n) is 3.67. The minimum Gasteiger partial charge on any atom is -0.456 e. The standard InChI is InChI=1S/C22H23NO2.ClH/c1-16-21(24)19-14-17(15-23-12-6-3-7-13-23)10-11-20(19)25-22(16)18-8-4-2-5-9-18;/h2,4-5,8-11,14H,3,6-7,12-13,15H2,1H3;1H. The molecule has 3 nitrogen and oxygen atoms in total. The summed E-state index contributed by atoms with van der Waals surface area (Å²) in [6.45, 7) is 5.07. The number of fused-ring (bicyclic) bond motifs is 1. The summed E-state index contributed by atoms with van der Waals surface area (Å²) in [6, 6.07) is 15.9. The Labute approximate surface area is 160 Å². The van der Waals surface area contributed by atoms with Crippen LogP contribution in [0, 0.1) is 6.92 Å². The van der Waals surface area contributed by atoms with E-state index in [-0.39, 0.29) is 17.8 Å². The number of halogens is 1. The fraction of sp³-hybridized carbons (Fsp3) is 0.318. The van der Waals surface area contributed by atoms with Crippen LogP contribution >= 0.6 is 12.4 Å². The van der Waals surface area contributed by atoms with Crippen LogP contribution in [0.15, 0.2) is 57.7 Å². The Morgan fingerprint density at radius 1 is 1.00 bits per heavy atom. The minimum absolute atomic E-state index is 0. The van der Waals surface area contributed by atoms with E-state index in [9.17, 15) is 4.79 Å². The lowest BCUT2D eigenvalue weighted by molar-refractivity contribution is 0.221. The Morgan fingerprint density at radius 3 is 2.46 bits per heavy atom. The van der Waals surface area contributed by atoms with Crippen LogP contribution in [0.4, 0.5) is 0 Å². The second-order valence-corrected chi connectivity index (χ2v) is 6.92. The molecule has 0 saturated carbocycles. The van der Waals surface area contributed by atoms with Gasteiger partial charge in [-0.15, -0.1) is 12.4 Å². The normalized spacial score (nSPS) is 15.0. The van der Waals surface area contributed by atoms with Gasteiger partial charge in [0.05, 0.1) is 5.39 Å². The average molecular weight is 370 g/mol. The summed E-state index contributed by atoms with van der Waals surface area (Å²) in [5.41, 5.74) is 3.54. The summed E-state index contributed by atoms with van der Waals surface area (Å²) in [6.07, 6.45) is 3.88. The Morgan fingerprint density at radius 2 is 1.73 bits per heavy atom. The molecule has 136 valence electrons. The van der Waals surface area contributed by atoms with Gasteiger partial charge in [0.2, 0.25) is 0 Å². The summed E-state index contributed by atoms with van der Waals surface area (Å²) in [5, 5.41) is 0.687. The second-order valence-electron chi connectivity index (χ2n) is 6.92. The molecule has 1 aliphatic rings. The third kappa shape index (κ3) is 3.69. The lowest BCUT2D eigenvalue weighted by Gasteiger charge is -2.26. The van der Waals surface area contributed by atoms with E-state index in [1.165, 1.54) is 24.8 Å². The van der Waals surface area contributed by atoms with E-state index in [2.05, 4.69) is 11.0 Å². The highest BCUT2D eigenvalue weighted by molar-refractivity contribution is 5.85. The largest absolute Gasteiger partial charge is 0.456 e. The molecule has 26 heavy (non-hydrogen) atoms. The zero-order chi connectivity index (χ0) is 17.2.